The van der Waals surface area contributed by atoms with Gasteiger partial charge >= 0.3 is 11.9 Å². The Hall–Kier alpha value is -1.30. The van der Waals surface area contributed by atoms with E-state index < -0.39 is 17.6 Å². The van der Waals surface area contributed by atoms with Crippen molar-refractivity contribution in [3.05, 3.63) is 0 Å². The van der Waals surface area contributed by atoms with E-state index in [2.05, 4.69) is 17.2 Å². The molecule has 1 fully saturated rings. The first-order valence-corrected chi connectivity index (χ1v) is 10.1. The summed E-state index contributed by atoms with van der Waals surface area (Å²) in [7, 11) is 0. The number of carboxylic acids is 1. The van der Waals surface area contributed by atoms with Crippen molar-refractivity contribution in [3.8, 4) is 0 Å². The fourth-order valence-corrected chi connectivity index (χ4v) is 4.24. The quantitative estimate of drug-likeness (QED) is 0.421. The van der Waals surface area contributed by atoms with Gasteiger partial charge in [0.15, 0.2) is 5.92 Å². The van der Waals surface area contributed by atoms with Crippen molar-refractivity contribution in [3.63, 3.8) is 0 Å². The summed E-state index contributed by atoms with van der Waals surface area (Å²) in [5.41, 5.74) is 5.15. The van der Waals surface area contributed by atoms with Crippen LogP contribution in [-0.4, -0.2) is 35.4 Å². The zero-order valence-corrected chi connectivity index (χ0v) is 15.7. The third-order valence-corrected chi connectivity index (χ3v) is 5.53. The Morgan fingerprint density at radius 2 is 1.88 bits per heavy atom. The molecule has 0 aromatic rings. The van der Waals surface area contributed by atoms with Crippen molar-refractivity contribution in [1.82, 2.24) is 5.32 Å². The van der Waals surface area contributed by atoms with Crippen molar-refractivity contribution in [2.24, 2.45) is 11.7 Å². The molecule has 3 atom stereocenters. The molecule has 0 saturated carbocycles. The van der Waals surface area contributed by atoms with Crippen LogP contribution < -0.4 is 16.0 Å². The van der Waals surface area contributed by atoms with Crippen molar-refractivity contribution in [2.75, 3.05) is 6.61 Å². The minimum absolute atomic E-state index is 0.165. The maximum atomic E-state index is 11.9. The van der Waals surface area contributed by atoms with Crippen LogP contribution >= 0.6 is 0 Å². The monoisotopic (exact) mass is 354 g/mol. The lowest BCUT2D eigenvalue weighted by Crippen LogP contribution is -2.93. The predicted octanol–water partition coefficient (Wildman–Crippen LogP) is 1.48. The van der Waals surface area contributed by atoms with E-state index >= 15 is 0 Å². The number of hydrogen-bond acceptors (Lipinski definition) is 4. The van der Waals surface area contributed by atoms with Crippen LogP contribution in [0.25, 0.3) is 0 Å². The highest BCUT2D eigenvalue weighted by atomic mass is 16.5. The summed E-state index contributed by atoms with van der Waals surface area (Å²) in [6.45, 7) is 2.83. The van der Waals surface area contributed by atoms with E-state index in [1.54, 1.807) is 0 Å². The van der Waals surface area contributed by atoms with Gasteiger partial charge < -0.3 is 9.84 Å². The first-order chi connectivity index (χ1) is 12.1. The second kappa shape index (κ2) is 10.00. The van der Waals surface area contributed by atoms with Gasteiger partial charge in [-0.1, -0.05) is 58.3 Å². The third-order valence-electron chi connectivity index (χ3n) is 5.53. The molecule has 6 nitrogen and oxygen atoms in total. The average Bonchev–Trinajstić information content (AvgIpc) is 3.00. The third kappa shape index (κ3) is 5.59. The van der Waals surface area contributed by atoms with Gasteiger partial charge in [-0.25, -0.2) is 5.32 Å². The highest BCUT2D eigenvalue weighted by Crippen LogP contribution is 2.34. The van der Waals surface area contributed by atoms with Crippen molar-refractivity contribution >= 4 is 11.9 Å². The van der Waals surface area contributed by atoms with Gasteiger partial charge in [-0.15, -0.1) is 0 Å². The number of carboxylic acid groups (broad SMARTS) is 1. The van der Waals surface area contributed by atoms with Gasteiger partial charge in [-0.3, -0.25) is 15.5 Å². The first kappa shape index (κ1) is 20.0. The van der Waals surface area contributed by atoms with Gasteiger partial charge in [0.25, 0.3) is 0 Å². The Morgan fingerprint density at radius 1 is 1.24 bits per heavy atom. The average molecular weight is 355 g/mol. The fraction of sp³-hybridized carbons (Fsp3) is 0.895. The van der Waals surface area contributed by atoms with E-state index in [0.29, 0.717) is 19.0 Å². The lowest BCUT2D eigenvalue weighted by Gasteiger charge is -2.38. The molecule has 0 radical (unpaired) electrons. The van der Waals surface area contributed by atoms with Crippen LogP contribution in [0.5, 0.6) is 0 Å². The molecule has 0 bridgehead atoms. The van der Waals surface area contributed by atoms with Crippen LogP contribution in [0.3, 0.4) is 0 Å². The Kier molecular flexibility index (Phi) is 8.00. The number of hydrogen-bond donors (Lipinski definition) is 4. The molecular formula is C19H36N3O3+. The van der Waals surface area contributed by atoms with Crippen LogP contribution in [0, 0.1) is 5.92 Å². The lowest BCUT2D eigenvalue weighted by atomic mass is 9.82. The topological polar surface area (TPSA) is 98.5 Å². The standard InChI is InChI=1S/C19H35N3O3/c1-2-3-4-5-6-7-8-9-10-12-15-16(17(23)24)19(13-11-14-25-19)22-18(20)21-15/h15-16H,2-14H2,1H3,(H,23,24)(H3,20,21,22)/p+1/t15-,16-,19-/m0/s1. The number of unbranched alkanes of at least 4 members (excludes halogenated alkanes) is 8. The molecule has 0 unspecified atom stereocenters. The molecule has 2 aliphatic heterocycles. The molecule has 1 spiro atoms. The van der Waals surface area contributed by atoms with E-state index in [1.807, 2.05) is 0 Å². The van der Waals surface area contributed by atoms with E-state index in [0.717, 1.165) is 25.7 Å². The summed E-state index contributed by atoms with van der Waals surface area (Å²) in [6, 6.07) is -0.165. The summed E-state index contributed by atoms with van der Waals surface area (Å²) in [4.78, 5) is 15.0. The predicted molar refractivity (Wildman–Crippen MR) is 98.0 cm³/mol. The number of nitrogens with one attached hydrogen (secondary N) is 2. The summed E-state index contributed by atoms with van der Waals surface area (Å²) in [5, 5.41) is 12.8. The zero-order chi connectivity index (χ0) is 18.1. The Labute approximate surface area is 151 Å². The van der Waals surface area contributed by atoms with Gasteiger partial charge in [0.1, 0.15) is 0 Å². The highest BCUT2D eigenvalue weighted by Gasteiger charge is 2.56. The van der Waals surface area contributed by atoms with Gasteiger partial charge in [0, 0.05) is 6.42 Å². The number of carbonyl (C=O) groups is 1. The maximum absolute atomic E-state index is 11.9. The lowest BCUT2D eigenvalue weighted by molar-refractivity contribution is -0.530. The molecule has 2 rings (SSSR count). The minimum atomic E-state index is -0.828. The number of aliphatic carboxylic acids is 1. The highest BCUT2D eigenvalue weighted by molar-refractivity contribution is 5.78. The SMILES string of the molecule is CCCCCCCCCCC[C@@H]1[NH+]=C(N)N[C@]2(CCCO2)[C@@H]1C(=O)O. The summed E-state index contributed by atoms with van der Waals surface area (Å²) < 4.78 is 5.81. The zero-order valence-electron chi connectivity index (χ0n) is 15.7. The Bertz CT molecular complexity index is 447. The molecular weight excluding hydrogens is 318 g/mol. The molecule has 2 aliphatic rings. The van der Waals surface area contributed by atoms with Crippen molar-refractivity contribution in [1.29, 1.82) is 0 Å². The smallest absolute Gasteiger partial charge is 0.343 e. The summed E-state index contributed by atoms with van der Waals surface area (Å²) in [5.74, 6) is -0.966. The van der Waals surface area contributed by atoms with Crippen molar-refractivity contribution < 1.29 is 19.6 Å². The molecule has 0 amide bonds. The number of guanidine groups is 1. The van der Waals surface area contributed by atoms with Crippen LogP contribution in [0.15, 0.2) is 0 Å². The summed E-state index contributed by atoms with van der Waals surface area (Å²) >= 11 is 0. The van der Waals surface area contributed by atoms with Gasteiger partial charge in [-0.05, 0) is 19.3 Å². The molecule has 6 heteroatoms. The number of ether oxygens (including phenoxy) is 1. The first-order valence-electron chi connectivity index (χ1n) is 10.1. The fourth-order valence-electron chi connectivity index (χ4n) is 4.24. The number of rotatable bonds is 11. The normalized spacial score (nSPS) is 28.8. The molecule has 0 aromatic carbocycles. The second-order valence-electron chi connectivity index (χ2n) is 7.56. The molecule has 0 aromatic heterocycles. The van der Waals surface area contributed by atoms with Crippen LogP contribution in [-0.2, 0) is 9.53 Å². The maximum Gasteiger partial charge on any atom is 0.343 e. The van der Waals surface area contributed by atoms with Gasteiger partial charge in [0.2, 0.25) is 5.72 Å². The van der Waals surface area contributed by atoms with Crippen LogP contribution in [0.4, 0.5) is 0 Å². The molecule has 144 valence electrons. The van der Waals surface area contributed by atoms with Crippen LogP contribution in [0.2, 0.25) is 0 Å². The van der Waals surface area contributed by atoms with E-state index in [9.17, 15) is 9.90 Å². The second-order valence-corrected chi connectivity index (χ2v) is 7.56. The van der Waals surface area contributed by atoms with Gasteiger partial charge in [-0.2, -0.15) is 0 Å². The molecule has 1 saturated heterocycles. The molecule has 5 N–H and O–H groups in total. The van der Waals surface area contributed by atoms with Crippen molar-refractivity contribution in [2.45, 2.75) is 95.7 Å². The summed E-state index contributed by atoms with van der Waals surface area (Å²) in [6.07, 6.45) is 13.7. The van der Waals surface area contributed by atoms with Crippen LogP contribution in [0.1, 0.15) is 84.0 Å². The molecule has 2 heterocycles. The Balaban J connectivity index is 1.75. The number of nitrogens with two attached hydrogens (primary N) is 1. The Morgan fingerprint density at radius 3 is 2.44 bits per heavy atom. The molecule has 0 aliphatic carbocycles. The van der Waals surface area contributed by atoms with E-state index in [4.69, 9.17) is 10.5 Å². The largest absolute Gasteiger partial charge is 0.481 e. The van der Waals surface area contributed by atoms with Gasteiger partial charge in [0.05, 0.1) is 12.6 Å². The van der Waals surface area contributed by atoms with E-state index in [1.165, 1.54) is 44.9 Å². The van der Waals surface area contributed by atoms with E-state index in [-0.39, 0.29) is 6.04 Å². The minimum Gasteiger partial charge on any atom is -0.481 e. The molecule has 25 heavy (non-hydrogen) atoms.